The molecule has 0 radical (unpaired) electrons. The SMILES string of the molecule is CCCCCCCCCCCC[C@@H](O)[C@H]1CC[C@H]([C@H](O)CCCC[C@H](O)CCCCCCCC2=C[C@@H](C)OC2=O)O1. The van der Waals surface area contributed by atoms with Crippen molar-refractivity contribution in [3.05, 3.63) is 11.6 Å². The minimum Gasteiger partial charge on any atom is -0.455 e. The van der Waals surface area contributed by atoms with Crippen LogP contribution in [0, 0.1) is 0 Å². The zero-order chi connectivity index (χ0) is 29.7. The first kappa shape index (κ1) is 36.2. The molecule has 0 bridgehead atoms. The lowest BCUT2D eigenvalue weighted by Gasteiger charge is -2.22. The van der Waals surface area contributed by atoms with Gasteiger partial charge in [-0.25, -0.2) is 4.79 Å². The van der Waals surface area contributed by atoms with Crippen LogP contribution >= 0.6 is 0 Å². The molecule has 2 rings (SSSR count). The largest absolute Gasteiger partial charge is 0.455 e. The van der Waals surface area contributed by atoms with E-state index in [0.29, 0.717) is 6.42 Å². The zero-order valence-corrected chi connectivity index (χ0v) is 26.6. The molecule has 3 N–H and O–H groups in total. The van der Waals surface area contributed by atoms with Crippen LogP contribution in [0.2, 0.25) is 0 Å². The normalized spacial score (nSPS) is 23.0. The number of cyclic esters (lactones) is 1. The third-order valence-corrected chi connectivity index (χ3v) is 9.06. The van der Waals surface area contributed by atoms with Gasteiger partial charge >= 0.3 is 5.97 Å². The summed E-state index contributed by atoms with van der Waals surface area (Å²) in [6, 6.07) is 0. The van der Waals surface area contributed by atoms with E-state index in [1.54, 1.807) is 0 Å². The van der Waals surface area contributed by atoms with Gasteiger partial charge in [0.05, 0.1) is 30.5 Å². The van der Waals surface area contributed by atoms with Crippen LogP contribution in [0.5, 0.6) is 0 Å². The van der Waals surface area contributed by atoms with Crippen LogP contribution in [0.25, 0.3) is 0 Å². The molecular weight excluding hydrogens is 516 g/mol. The van der Waals surface area contributed by atoms with E-state index in [0.717, 1.165) is 95.5 Å². The number of ether oxygens (including phenoxy) is 2. The molecule has 2 aliphatic heterocycles. The van der Waals surface area contributed by atoms with Crippen LogP contribution in [0.1, 0.15) is 168 Å². The second-order valence-electron chi connectivity index (χ2n) is 12.9. The van der Waals surface area contributed by atoms with Gasteiger partial charge in [0.15, 0.2) is 0 Å². The van der Waals surface area contributed by atoms with E-state index in [2.05, 4.69) is 6.92 Å². The molecule has 1 fully saturated rings. The van der Waals surface area contributed by atoms with Crippen molar-refractivity contribution in [1.29, 1.82) is 0 Å². The summed E-state index contributed by atoms with van der Waals surface area (Å²) in [6.45, 7) is 4.15. The highest BCUT2D eigenvalue weighted by atomic mass is 16.5. The first-order valence-electron chi connectivity index (χ1n) is 17.5. The van der Waals surface area contributed by atoms with Crippen LogP contribution in [0.15, 0.2) is 11.6 Å². The number of carbonyl (C=O) groups is 1. The maximum Gasteiger partial charge on any atom is 0.334 e. The number of aliphatic hydroxyl groups excluding tert-OH is 3. The minimum atomic E-state index is -0.480. The molecule has 2 aliphatic rings. The standard InChI is InChI=1S/C35H64O6/c1-3-4-5-6-7-8-9-10-14-17-23-31(37)33-25-26-34(41-33)32(38)24-19-18-22-30(36)21-16-13-11-12-15-20-29-27-28(2)40-35(29)39/h27-28,30-34,36-38H,3-26H2,1-2H3/t28-,30-,31-,32-,33-,34-/m1/s1. The molecule has 0 unspecified atom stereocenters. The molecule has 6 nitrogen and oxygen atoms in total. The van der Waals surface area contributed by atoms with Crippen molar-refractivity contribution in [2.75, 3.05) is 0 Å². The van der Waals surface area contributed by atoms with Crippen LogP contribution in [-0.2, 0) is 14.3 Å². The van der Waals surface area contributed by atoms with Gasteiger partial charge in [-0.15, -0.1) is 0 Å². The average Bonchev–Trinajstić information content (AvgIpc) is 3.57. The highest BCUT2D eigenvalue weighted by molar-refractivity contribution is 5.90. The molecule has 0 aliphatic carbocycles. The van der Waals surface area contributed by atoms with Gasteiger partial charge in [-0.1, -0.05) is 110 Å². The van der Waals surface area contributed by atoms with Crippen LogP contribution < -0.4 is 0 Å². The highest BCUT2D eigenvalue weighted by Gasteiger charge is 2.34. The van der Waals surface area contributed by atoms with Gasteiger partial charge in [0.2, 0.25) is 0 Å². The summed E-state index contributed by atoms with van der Waals surface area (Å²) in [6.07, 6.45) is 26.2. The third-order valence-electron chi connectivity index (χ3n) is 9.06. The van der Waals surface area contributed by atoms with Crippen molar-refractivity contribution in [2.24, 2.45) is 0 Å². The fourth-order valence-corrected chi connectivity index (χ4v) is 6.39. The maximum atomic E-state index is 11.6. The topological polar surface area (TPSA) is 96.2 Å². The van der Waals surface area contributed by atoms with Gasteiger partial charge < -0.3 is 24.8 Å². The predicted octanol–water partition coefficient (Wildman–Crippen LogP) is 8.09. The molecule has 0 amide bonds. The Bertz CT molecular complexity index is 694. The number of rotatable bonds is 26. The Kier molecular flexibility index (Phi) is 20.0. The molecule has 1 saturated heterocycles. The van der Waals surface area contributed by atoms with Gasteiger partial charge in [-0.05, 0) is 64.4 Å². The summed E-state index contributed by atoms with van der Waals surface area (Å²) in [4.78, 5) is 11.6. The number of hydrogen-bond acceptors (Lipinski definition) is 6. The zero-order valence-electron chi connectivity index (χ0n) is 26.6. The third kappa shape index (κ3) is 16.5. The molecule has 41 heavy (non-hydrogen) atoms. The van der Waals surface area contributed by atoms with E-state index in [1.165, 1.54) is 57.8 Å². The highest BCUT2D eigenvalue weighted by Crippen LogP contribution is 2.28. The van der Waals surface area contributed by atoms with Crippen molar-refractivity contribution in [3.8, 4) is 0 Å². The second-order valence-corrected chi connectivity index (χ2v) is 12.9. The lowest BCUT2D eigenvalue weighted by molar-refractivity contribution is -0.139. The van der Waals surface area contributed by atoms with Gasteiger partial charge in [-0.2, -0.15) is 0 Å². The van der Waals surface area contributed by atoms with Crippen molar-refractivity contribution >= 4 is 5.97 Å². The van der Waals surface area contributed by atoms with Crippen molar-refractivity contribution in [2.45, 2.75) is 205 Å². The average molecular weight is 581 g/mol. The molecule has 0 aromatic carbocycles. The Hall–Kier alpha value is -0.950. The minimum absolute atomic E-state index is 0.0754. The Balaban J connectivity index is 1.39. The predicted molar refractivity (Wildman–Crippen MR) is 167 cm³/mol. The van der Waals surface area contributed by atoms with Gasteiger partial charge in [0.25, 0.3) is 0 Å². The van der Waals surface area contributed by atoms with Crippen molar-refractivity contribution in [3.63, 3.8) is 0 Å². The Morgan fingerprint density at radius 1 is 0.683 bits per heavy atom. The van der Waals surface area contributed by atoms with Crippen molar-refractivity contribution in [1.82, 2.24) is 0 Å². The molecule has 0 spiro atoms. The number of hydrogen-bond donors (Lipinski definition) is 3. The van der Waals surface area contributed by atoms with Crippen LogP contribution in [0.4, 0.5) is 0 Å². The van der Waals surface area contributed by atoms with E-state index in [4.69, 9.17) is 9.47 Å². The van der Waals surface area contributed by atoms with Crippen molar-refractivity contribution < 1.29 is 29.6 Å². The quantitative estimate of drug-likeness (QED) is 0.0707. The van der Waals surface area contributed by atoms with E-state index in [9.17, 15) is 20.1 Å². The molecule has 0 aromatic heterocycles. The first-order valence-corrected chi connectivity index (χ1v) is 17.5. The van der Waals surface area contributed by atoms with E-state index in [1.807, 2.05) is 13.0 Å². The molecule has 2 heterocycles. The number of unbranched alkanes of at least 4 members (excludes halogenated alkanes) is 14. The summed E-state index contributed by atoms with van der Waals surface area (Å²) in [5.74, 6) is -0.151. The molecule has 0 saturated carbocycles. The molecule has 240 valence electrons. The smallest absolute Gasteiger partial charge is 0.334 e. The van der Waals surface area contributed by atoms with Crippen LogP contribution in [0.3, 0.4) is 0 Å². The van der Waals surface area contributed by atoms with Gasteiger partial charge in [0.1, 0.15) is 6.10 Å². The van der Waals surface area contributed by atoms with Gasteiger partial charge in [-0.3, -0.25) is 0 Å². The first-order chi connectivity index (χ1) is 19.9. The summed E-state index contributed by atoms with van der Waals surface area (Å²) < 4.78 is 11.2. The summed E-state index contributed by atoms with van der Waals surface area (Å²) in [5.41, 5.74) is 0.828. The van der Waals surface area contributed by atoms with E-state index in [-0.39, 0.29) is 30.4 Å². The molecular formula is C35H64O6. The second kappa shape index (κ2) is 22.6. The summed E-state index contributed by atoms with van der Waals surface area (Å²) >= 11 is 0. The number of aliphatic hydroxyl groups is 3. The molecule has 6 atom stereocenters. The fraction of sp³-hybridized carbons (Fsp3) is 0.914. The lowest BCUT2D eigenvalue weighted by Crippen LogP contribution is -2.31. The van der Waals surface area contributed by atoms with E-state index < -0.39 is 12.2 Å². The van der Waals surface area contributed by atoms with E-state index >= 15 is 0 Å². The fourth-order valence-electron chi connectivity index (χ4n) is 6.39. The Labute approximate surface area is 251 Å². The van der Waals surface area contributed by atoms with Crippen LogP contribution in [-0.4, -0.2) is 57.9 Å². The summed E-state index contributed by atoms with van der Waals surface area (Å²) in [7, 11) is 0. The lowest BCUT2D eigenvalue weighted by atomic mass is 9.99. The number of carbonyl (C=O) groups excluding carboxylic acids is 1. The number of esters is 1. The van der Waals surface area contributed by atoms with Gasteiger partial charge in [0, 0.05) is 5.57 Å². The Morgan fingerprint density at radius 2 is 1.12 bits per heavy atom. The monoisotopic (exact) mass is 580 g/mol. The molecule has 0 aromatic rings. The summed E-state index contributed by atoms with van der Waals surface area (Å²) in [5, 5.41) is 31.5. The Morgan fingerprint density at radius 3 is 1.63 bits per heavy atom. The molecule has 6 heteroatoms. The maximum absolute atomic E-state index is 11.6.